The third-order valence-electron chi connectivity index (χ3n) is 5.19. The van der Waals surface area contributed by atoms with Crippen LogP contribution in [0.15, 0.2) is 24.3 Å². The summed E-state index contributed by atoms with van der Waals surface area (Å²) in [5, 5.41) is 0. The first-order valence-corrected chi connectivity index (χ1v) is 9.88. The van der Waals surface area contributed by atoms with Crippen molar-refractivity contribution in [2.45, 2.75) is 51.4 Å². The molecule has 21 heavy (non-hydrogen) atoms. The molecule has 0 heterocycles. The zero-order valence-corrected chi connectivity index (χ0v) is 14.8. The van der Waals surface area contributed by atoms with Gasteiger partial charge in [-0.05, 0) is 56.5 Å². The normalized spacial score (nSPS) is 17.5. The van der Waals surface area contributed by atoms with E-state index in [1.165, 1.54) is 63.1 Å². The van der Waals surface area contributed by atoms with E-state index in [-0.39, 0.29) is 0 Å². The van der Waals surface area contributed by atoms with Crippen LogP contribution in [0.1, 0.15) is 50.2 Å². The Morgan fingerprint density at radius 3 is 2.33 bits per heavy atom. The third kappa shape index (κ3) is 4.50. The molecule has 1 aromatic rings. The molecular weight excluding hydrogens is 274 g/mol. The summed E-state index contributed by atoms with van der Waals surface area (Å²) >= 11 is 1.96. The molecule has 1 nitrogen and oxygen atoms in total. The largest absolute Gasteiger partial charge is 0.303 e. The van der Waals surface area contributed by atoms with Gasteiger partial charge in [0.25, 0.3) is 0 Å². The monoisotopic (exact) mass is 305 g/mol. The molecule has 0 aliphatic heterocycles. The molecule has 1 fully saturated rings. The Morgan fingerprint density at radius 1 is 1.10 bits per heavy atom. The van der Waals surface area contributed by atoms with E-state index in [1.54, 1.807) is 5.56 Å². The first kappa shape index (κ1) is 16.9. The zero-order valence-electron chi connectivity index (χ0n) is 14.0. The van der Waals surface area contributed by atoms with Crippen LogP contribution in [-0.4, -0.2) is 36.5 Å². The van der Waals surface area contributed by atoms with E-state index in [1.807, 2.05) is 11.8 Å². The molecule has 0 spiro atoms. The van der Waals surface area contributed by atoms with Crippen molar-refractivity contribution in [1.82, 2.24) is 4.90 Å². The Balaban J connectivity index is 2.03. The molecule has 0 unspecified atom stereocenters. The molecule has 0 amide bonds. The number of hydrogen-bond donors (Lipinski definition) is 0. The molecule has 0 aromatic heterocycles. The van der Waals surface area contributed by atoms with Crippen LogP contribution in [-0.2, 0) is 5.41 Å². The van der Waals surface area contributed by atoms with Gasteiger partial charge in [-0.15, -0.1) is 0 Å². The smallest absolute Gasteiger partial charge is 0.00721 e. The van der Waals surface area contributed by atoms with Crippen molar-refractivity contribution in [3.63, 3.8) is 0 Å². The molecule has 0 N–H and O–H groups in total. The van der Waals surface area contributed by atoms with Crippen molar-refractivity contribution in [2.75, 3.05) is 31.6 Å². The van der Waals surface area contributed by atoms with Crippen LogP contribution >= 0.6 is 11.8 Å². The summed E-state index contributed by atoms with van der Waals surface area (Å²) in [5.74, 6) is 1.26. The van der Waals surface area contributed by atoms with Crippen molar-refractivity contribution < 1.29 is 0 Å². The summed E-state index contributed by atoms with van der Waals surface area (Å²) in [4.78, 5) is 2.63. The molecule has 118 valence electrons. The zero-order chi connectivity index (χ0) is 15.1. The van der Waals surface area contributed by atoms with Crippen molar-refractivity contribution in [3.8, 4) is 0 Å². The lowest BCUT2D eigenvalue weighted by Crippen LogP contribution is -2.33. The van der Waals surface area contributed by atoms with Crippen molar-refractivity contribution >= 4 is 11.8 Å². The van der Waals surface area contributed by atoms with Gasteiger partial charge in [-0.25, -0.2) is 0 Å². The van der Waals surface area contributed by atoms with Crippen molar-refractivity contribution in [2.24, 2.45) is 0 Å². The van der Waals surface area contributed by atoms with Gasteiger partial charge < -0.3 is 4.90 Å². The van der Waals surface area contributed by atoms with Crippen molar-refractivity contribution in [3.05, 3.63) is 35.4 Å². The maximum absolute atomic E-state index is 2.63. The molecule has 0 saturated heterocycles. The van der Waals surface area contributed by atoms with Crippen LogP contribution < -0.4 is 0 Å². The number of rotatable bonds is 8. The topological polar surface area (TPSA) is 3.24 Å². The summed E-state index contributed by atoms with van der Waals surface area (Å²) in [6.45, 7) is 8.16. The van der Waals surface area contributed by atoms with Crippen LogP contribution in [0.5, 0.6) is 0 Å². The second-order valence-corrected chi connectivity index (χ2v) is 7.52. The fraction of sp³-hybridized carbons (Fsp3) is 0.684. The van der Waals surface area contributed by atoms with Gasteiger partial charge in [0.05, 0.1) is 0 Å². The number of thioether (sulfide) groups is 1. The highest BCUT2D eigenvalue weighted by Gasteiger charge is 2.35. The van der Waals surface area contributed by atoms with Gasteiger partial charge in [0.2, 0.25) is 0 Å². The Kier molecular flexibility index (Phi) is 6.63. The van der Waals surface area contributed by atoms with Gasteiger partial charge in [-0.3, -0.25) is 0 Å². The second kappa shape index (κ2) is 8.24. The second-order valence-electron chi connectivity index (χ2n) is 6.53. The van der Waals surface area contributed by atoms with E-state index >= 15 is 0 Å². The first-order chi connectivity index (χ1) is 10.2. The lowest BCUT2D eigenvalue weighted by atomic mass is 9.76. The summed E-state index contributed by atoms with van der Waals surface area (Å²) in [7, 11) is 0. The van der Waals surface area contributed by atoms with E-state index in [2.05, 4.69) is 49.3 Å². The minimum atomic E-state index is 0.459. The van der Waals surface area contributed by atoms with Gasteiger partial charge in [-0.1, -0.05) is 49.6 Å². The molecule has 2 rings (SSSR count). The Labute approximate surface area is 135 Å². The quantitative estimate of drug-likeness (QED) is 0.673. The van der Waals surface area contributed by atoms with Gasteiger partial charge in [0.1, 0.15) is 0 Å². The van der Waals surface area contributed by atoms with Crippen LogP contribution in [0.25, 0.3) is 0 Å². The first-order valence-electron chi connectivity index (χ1n) is 8.48. The van der Waals surface area contributed by atoms with Gasteiger partial charge in [0, 0.05) is 12.3 Å². The summed E-state index contributed by atoms with van der Waals surface area (Å²) in [6, 6.07) is 9.36. The minimum Gasteiger partial charge on any atom is -0.303 e. The lowest BCUT2D eigenvalue weighted by Gasteiger charge is -2.33. The SMILES string of the molecule is CCN(CCSC)CCC1(c2ccc(C)cc2)CCCC1. The molecule has 1 aromatic carbocycles. The molecule has 1 aliphatic carbocycles. The maximum Gasteiger partial charge on any atom is 0.00721 e. The molecule has 0 radical (unpaired) electrons. The predicted molar refractivity (Wildman–Crippen MR) is 96.4 cm³/mol. The minimum absolute atomic E-state index is 0.459. The van der Waals surface area contributed by atoms with E-state index in [9.17, 15) is 0 Å². The van der Waals surface area contributed by atoms with Crippen molar-refractivity contribution in [1.29, 1.82) is 0 Å². The number of benzene rings is 1. The average molecular weight is 306 g/mol. The molecule has 1 saturated carbocycles. The van der Waals surface area contributed by atoms with Gasteiger partial charge in [-0.2, -0.15) is 11.8 Å². The third-order valence-corrected chi connectivity index (χ3v) is 5.78. The van der Waals surface area contributed by atoms with E-state index in [0.29, 0.717) is 5.41 Å². The highest BCUT2D eigenvalue weighted by molar-refractivity contribution is 7.98. The highest BCUT2D eigenvalue weighted by Crippen LogP contribution is 2.44. The maximum atomic E-state index is 2.63. The number of nitrogens with zero attached hydrogens (tertiary/aromatic N) is 1. The fourth-order valence-corrected chi connectivity index (χ4v) is 4.10. The summed E-state index contributed by atoms with van der Waals surface area (Å²) in [5.41, 5.74) is 3.43. The summed E-state index contributed by atoms with van der Waals surface area (Å²) in [6.07, 6.45) is 9.12. The molecule has 1 aliphatic rings. The Bertz CT molecular complexity index is 406. The highest BCUT2D eigenvalue weighted by atomic mass is 32.2. The predicted octanol–water partition coefficient (Wildman–Crippen LogP) is 4.88. The Hall–Kier alpha value is -0.470. The molecular formula is C19H31NS. The van der Waals surface area contributed by atoms with E-state index in [4.69, 9.17) is 0 Å². The molecule has 0 bridgehead atoms. The standard InChI is InChI=1S/C19H31NS/c1-4-20(15-16-21-3)14-13-19(11-5-6-12-19)18-9-7-17(2)8-10-18/h7-10H,4-6,11-16H2,1-3H3. The van der Waals surface area contributed by atoms with Gasteiger partial charge in [0.15, 0.2) is 0 Å². The Morgan fingerprint density at radius 2 is 1.76 bits per heavy atom. The van der Waals surface area contributed by atoms with Crippen LogP contribution in [0.3, 0.4) is 0 Å². The van der Waals surface area contributed by atoms with Crippen LogP contribution in [0, 0.1) is 6.92 Å². The van der Waals surface area contributed by atoms with Gasteiger partial charge >= 0.3 is 0 Å². The number of hydrogen-bond acceptors (Lipinski definition) is 2. The summed E-state index contributed by atoms with van der Waals surface area (Å²) < 4.78 is 0. The van der Waals surface area contributed by atoms with Crippen LogP contribution in [0.4, 0.5) is 0 Å². The molecule has 0 atom stereocenters. The van der Waals surface area contributed by atoms with E-state index in [0.717, 1.165) is 0 Å². The average Bonchev–Trinajstić information content (AvgIpc) is 2.98. The van der Waals surface area contributed by atoms with Crippen LogP contribution in [0.2, 0.25) is 0 Å². The fourth-order valence-electron chi connectivity index (χ4n) is 3.66. The number of aryl methyl sites for hydroxylation is 1. The van der Waals surface area contributed by atoms with E-state index < -0.39 is 0 Å². The lowest BCUT2D eigenvalue weighted by molar-refractivity contribution is 0.259. The molecule has 2 heteroatoms.